The summed E-state index contributed by atoms with van der Waals surface area (Å²) in [7, 11) is -1.99. The van der Waals surface area contributed by atoms with Crippen LogP contribution in [0.2, 0.25) is 0 Å². The largest absolute Gasteiger partial charge is 1.00 e. The zero-order valence-electron chi connectivity index (χ0n) is 18.0. The number of nitrogens with one attached hydrogen (secondary N) is 1. The van der Waals surface area contributed by atoms with Crippen molar-refractivity contribution >= 4 is 34.6 Å². The fraction of sp³-hybridized carbons (Fsp3) is 0.0357. The molecular weight excluding hydrogens is 431 g/mol. The van der Waals surface area contributed by atoms with E-state index < -0.39 is 7.26 Å². The van der Waals surface area contributed by atoms with Gasteiger partial charge in [-0.3, -0.25) is 5.43 Å². The molecule has 4 rings (SSSR count). The molecule has 0 fully saturated rings. The minimum Gasteiger partial charge on any atom is -1.00 e. The van der Waals surface area contributed by atoms with Crippen LogP contribution in [0.5, 0.6) is 0 Å². The number of allylic oxidation sites excluding steroid dienone is 1. The maximum Gasteiger partial charge on any atom is 0.137 e. The van der Waals surface area contributed by atoms with E-state index in [1.165, 1.54) is 15.9 Å². The van der Waals surface area contributed by atoms with Crippen LogP contribution in [0.15, 0.2) is 138 Å². The Balaban J connectivity index is 0.00000289. The number of anilines is 1. The van der Waals surface area contributed by atoms with Crippen molar-refractivity contribution < 1.29 is 12.4 Å². The average molecular weight is 457 g/mol. The quantitative estimate of drug-likeness (QED) is 0.258. The summed E-state index contributed by atoms with van der Waals surface area (Å²) in [5, 5.41) is 8.56. The molecule has 0 spiro atoms. The summed E-state index contributed by atoms with van der Waals surface area (Å²) in [5.41, 5.74) is 5.05. The topological polar surface area (TPSA) is 24.4 Å². The first kappa shape index (κ1) is 23.5. The zero-order valence-corrected chi connectivity index (χ0v) is 19.6. The van der Waals surface area contributed by atoms with Gasteiger partial charge in [-0.2, -0.15) is 5.10 Å². The summed E-state index contributed by atoms with van der Waals surface area (Å²) in [6, 6.07) is 42.5. The number of hydrazone groups is 1. The molecule has 0 radical (unpaired) electrons. The van der Waals surface area contributed by atoms with Crippen molar-refractivity contribution in [2.24, 2.45) is 5.10 Å². The van der Waals surface area contributed by atoms with E-state index in [1.54, 1.807) is 0 Å². The van der Waals surface area contributed by atoms with Gasteiger partial charge in [0, 0.05) is 0 Å². The van der Waals surface area contributed by atoms with Crippen LogP contribution in [-0.2, 0) is 0 Å². The second-order valence-corrected chi connectivity index (χ2v) is 10.6. The van der Waals surface area contributed by atoms with E-state index in [2.05, 4.69) is 113 Å². The Kier molecular flexibility index (Phi) is 8.39. The number of hydrogen-bond acceptors (Lipinski definition) is 2. The van der Waals surface area contributed by atoms with Gasteiger partial charge in [-0.25, -0.2) is 0 Å². The Hall–Kier alpha value is -3.19. The van der Waals surface area contributed by atoms with Crippen LogP contribution in [0.4, 0.5) is 5.69 Å². The lowest BCUT2D eigenvalue weighted by atomic mass is 10.3. The Labute approximate surface area is 197 Å². The van der Waals surface area contributed by atoms with Crippen molar-refractivity contribution in [1.82, 2.24) is 0 Å². The van der Waals surface area contributed by atoms with Crippen LogP contribution in [0.1, 0.15) is 6.92 Å². The molecule has 0 aliphatic heterocycles. The molecule has 0 saturated carbocycles. The molecule has 4 aromatic rings. The molecule has 2 nitrogen and oxygen atoms in total. The number of hydrogen-bond donors (Lipinski definition) is 1. The highest BCUT2D eigenvalue weighted by molar-refractivity contribution is 7.98. The van der Waals surface area contributed by atoms with Crippen LogP contribution in [0.3, 0.4) is 0 Å². The number of benzene rings is 4. The molecule has 160 valence electrons. The monoisotopic (exact) mass is 456 g/mol. The first-order chi connectivity index (χ1) is 15.3. The molecule has 0 aliphatic rings. The molecule has 0 saturated heterocycles. The Morgan fingerprint density at radius 1 is 0.625 bits per heavy atom. The molecule has 0 aromatic heterocycles. The molecule has 4 aromatic carbocycles. The lowest BCUT2D eigenvalue weighted by Gasteiger charge is -2.24. The maximum atomic E-state index is 4.58. The van der Waals surface area contributed by atoms with Gasteiger partial charge in [-0.1, -0.05) is 72.8 Å². The lowest BCUT2D eigenvalue weighted by Crippen LogP contribution is -3.00. The molecule has 0 atom stereocenters. The van der Waals surface area contributed by atoms with Gasteiger partial charge >= 0.3 is 0 Å². The third-order valence-corrected chi connectivity index (χ3v) is 9.10. The van der Waals surface area contributed by atoms with Gasteiger partial charge in [0.05, 0.1) is 17.2 Å². The molecule has 0 amide bonds. The zero-order chi connectivity index (χ0) is 21.4. The van der Waals surface area contributed by atoms with Gasteiger partial charge in [-0.15, -0.1) is 0 Å². The second kappa shape index (κ2) is 11.4. The maximum absolute atomic E-state index is 4.58. The van der Waals surface area contributed by atoms with E-state index in [1.807, 2.05) is 37.3 Å². The summed E-state index contributed by atoms with van der Waals surface area (Å²) in [4.78, 5) is 0. The summed E-state index contributed by atoms with van der Waals surface area (Å²) >= 11 is 0. The van der Waals surface area contributed by atoms with E-state index in [0.717, 1.165) is 11.4 Å². The number of para-hydroxylation sites is 1. The van der Waals surface area contributed by atoms with Crippen LogP contribution in [0, 0.1) is 0 Å². The van der Waals surface area contributed by atoms with Crippen molar-refractivity contribution in [2.45, 2.75) is 6.92 Å². The van der Waals surface area contributed by atoms with Gasteiger partial charge in [0.2, 0.25) is 0 Å². The molecule has 32 heavy (non-hydrogen) atoms. The highest BCUT2D eigenvalue weighted by Gasteiger charge is 2.43. The molecule has 1 N–H and O–H groups in total. The molecule has 4 heteroatoms. The Morgan fingerprint density at radius 2 is 1.00 bits per heavy atom. The number of nitrogens with zero attached hydrogens (tertiary/aromatic N) is 1. The minimum absolute atomic E-state index is 0. The molecule has 0 bridgehead atoms. The highest BCUT2D eigenvalue weighted by atomic mass is 35.5. The second-order valence-electron chi connectivity index (χ2n) is 7.28. The molecular formula is C28H26ClN2P. The van der Waals surface area contributed by atoms with Crippen molar-refractivity contribution in [3.63, 3.8) is 0 Å². The van der Waals surface area contributed by atoms with Crippen molar-refractivity contribution in [1.29, 1.82) is 0 Å². The third kappa shape index (κ3) is 5.34. The summed E-state index contributed by atoms with van der Waals surface area (Å²) in [6.07, 6.45) is 2.15. The van der Waals surface area contributed by atoms with Crippen molar-refractivity contribution in [2.75, 3.05) is 5.43 Å². The van der Waals surface area contributed by atoms with Gasteiger partial charge < -0.3 is 12.4 Å². The fourth-order valence-corrected chi connectivity index (χ4v) is 7.39. The van der Waals surface area contributed by atoms with Gasteiger partial charge in [-0.05, 0) is 61.5 Å². The smallest absolute Gasteiger partial charge is 0.137 e. The number of halogens is 1. The van der Waals surface area contributed by atoms with Crippen LogP contribution in [0.25, 0.3) is 0 Å². The van der Waals surface area contributed by atoms with E-state index in [9.17, 15) is 0 Å². The average Bonchev–Trinajstić information content (AvgIpc) is 2.86. The van der Waals surface area contributed by atoms with Gasteiger partial charge in [0.1, 0.15) is 23.2 Å². The standard InChI is InChI=1S/C28H26N2P.ClH/c1-24(29-30-25-14-6-2-7-15-25)22-23-31(26-16-8-3-9-17-26,27-18-10-4-11-19-27)28-20-12-5-13-21-28;/h2-23,30H,1H3;1H/q+1;/p-1. The van der Waals surface area contributed by atoms with Crippen molar-refractivity contribution in [3.05, 3.63) is 133 Å². The van der Waals surface area contributed by atoms with Crippen molar-refractivity contribution in [3.8, 4) is 0 Å². The summed E-state index contributed by atoms with van der Waals surface area (Å²) in [5.74, 6) is 2.37. The van der Waals surface area contributed by atoms with Crippen LogP contribution < -0.4 is 33.7 Å². The SMILES string of the molecule is CC(C=C[P+](c1ccccc1)(c1ccccc1)c1ccccc1)=NNc1ccccc1.[Cl-]. The minimum atomic E-state index is -1.99. The highest BCUT2D eigenvalue weighted by Crippen LogP contribution is 2.56. The van der Waals surface area contributed by atoms with E-state index in [0.29, 0.717) is 0 Å². The lowest BCUT2D eigenvalue weighted by molar-refractivity contribution is -0.00000607. The molecule has 0 aliphatic carbocycles. The van der Waals surface area contributed by atoms with Crippen LogP contribution in [-0.4, -0.2) is 5.71 Å². The predicted molar refractivity (Wildman–Crippen MR) is 137 cm³/mol. The first-order valence-corrected chi connectivity index (χ1v) is 12.2. The van der Waals surface area contributed by atoms with E-state index >= 15 is 0 Å². The number of rotatable bonds is 7. The summed E-state index contributed by atoms with van der Waals surface area (Å²) < 4.78 is 0. The molecule has 0 unspecified atom stereocenters. The van der Waals surface area contributed by atoms with Crippen LogP contribution >= 0.6 is 7.26 Å². The van der Waals surface area contributed by atoms with E-state index in [4.69, 9.17) is 0 Å². The summed E-state index contributed by atoms with van der Waals surface area (Å²) in [6.45, 7) is 2.03. The predicted octanol–water partition coefficient (Wildman–Crippen LogP) is 2.99. The Morgan fingerprint density at radius 3 is 1.41 bits per heavy atom. The third-order valence-electron chi connectivity index (χ3n) is 5.16. The van der Waals surface area contributed by atoms with Gasteiger partial charge in [0.25, 0.3) is 0 Å². The normalized spacial score (nSPS) is 11.7. The Bertz CT molecular complexity index is 1050. The molecule has 0 heterocycles. The fourth-order valence-electron chi connectivity index (χ4n) is 3.62. The van der Waals surface area contributed by atoms with E-state index in [-0.39, 0.29) is 12.4 Å². The van der Waals surface area contributed by atoms with Gasteiger partial charge in [0.15, 0.2) is 0 Å². The first-order valence-electron chi connectivity index (χ1n) is 10.4.